The van der Waals surface area contributed by atoms with Gasteiger partial charge in [0.25, 0.3) is 11.8 Å². The number of carbonyl (C=O) groups excluding carboxylic acids is 2. The maximum absolute atomic E-state index is 12.5. The molecule has 0 aliphatic carbocycles. The van der Waals surface area contributed by atoms with Crippen LogP contribution in [0.25, 0.3) is 6.08 Å². The number of thiocarbonyl (C=S) groups is 1. The van der Waals surface area contributed by atoms with Crippen molar-refractivity contribution in [2.45, 2.75) is 6.92 Å². The van der Waals surface area contributed by atoms with Crippen molar-refractivity contribution in [3.8, 4) is 0 Å². The summed E-state index contributed by atoms with van der Waals surface area (Å²) in [4.78, 5) is 25.2. The van der Waals surface area contributed by atoms with E-state index in [9.17, 15) is 9.59 Å². The second kappa shape index (κ2) is 6.98. The largest absolute Gasteiger partial charge is 0.285 e. The minimum atomic E-state index is -0.372. The molecule has 1 fully saturated rings. The van der Waals surface area contributed by atoms with Crippen molar-refractivity contribution in [1.29, 1.82) is 0 Å². The first-order valence-corrected chi connectivity index (χ1v) is 8.48. The van der Waals surface area contributed by atoms with Crippen molar-refractivity contribution in [2.24, 2.45) is 0 Å². The number of amides is 2. The van der Waals surface area contributed by atoms with Crippen LogP contribution in [-0.4, -0.2) is 21.1 Å². The number of rotatable bonds is 3. The molecule has 24 heavy (non-hydrogen) atoms. The van der Waals surface area contributed by atoms with E-state index in [4.69, 9.17) is 12.2 Å². The Morgan fingerprint density at radius 3 is 2.46 bits per heavy atom. The first kappa shape index (κ1) is 16.4. The zero-order valence-corrected chi connectivity index (χ0v) is 14.5. The lowest BCUT2D eigenvalue weighted by molar-refractivity contribution is -0.123. The van der Waals surface area contributed by atoms with Crippen LogP contribution in [0.3, 0.4) is 0 Å². The van der Waals surface area contributed by atoms with E-state index in [0.717, 1.165) is 16.1 Å². The van der Waals surface area contributed by atoms with Gasteiger partial charge in [-0.15, -0.1) is 0 Å². The summed E-state index contributed by atoms with van der Waals surface area (Å²) >= 11 is 6.38. The number of hydrazine groups is 1. The minimum absolute atomic E-state index is 0.308. The molecule has 6 heteroatoms. The second-order valence-electron chi connectivity index (χ2n) is 5.23. The van der Waals surface area contributed by atoms with Gasteiger partial charge in [-0.25, -0.2) is 0 Å². The average Bonchev–Trinajstić information content (AvgIpc) is 2.85. The summed E-state index contributed by atoms with van der Waals surface area (Å²) in [5.74, 6) is -0.696. The highest BCUT2D eigenvalue weighted by Gasteiger charge is 2.33. The lowest BCUT2D eigenvalue weighted by Gasteiger charge is -2.15. The van der Waals surface area contributed by atoms with Gasteiger partial charge >= 0.3 is 0 Å². The molecule has 0 radical (unpaired) electrons. The third kappa shape index (κ3) is 3.55. The van der Waals surface area contributed by atoms with Crippen molar-refractivity contribution in [3.63, 3.8) is 0 Å². The summed E-state index contributed by atoms with van der Waals surface area (Å²) in [5, 5.41) is 1.12. The van der Waals surface area contributed by atoms with Crippen molar-refractivity contribution >= 4 is 46.2 Å². The number of thioether (sulfide) groups is 1. The van der Waals surface area contributed by atoms with Crippen LogP contribution in [-0.2, 0) is 4.79 Å². The molecule has 0 saturated carbocycles. The molecule has 1 aliphatic heterocycles. The van der Waals surface area contributed by atoms with Gasteiger partial charge in [-0.05, 0) is 42.9 Å². The van der Waals surface area contributed by atoms with E-state index < -0.39 is 0 Å². The first-order chi connectivity index (χ1) is 11.5. The number of hydrogen-bond acceptors (Lipinski definition) is 4. The van der Waals surface area contributed by atoms with Crippen molar-refractivity contribution in [3.05, 3.63) is 76.2 Å². The summed E-state index contributed by atoms with van der Waals surface area (Å²) in [6.07, 6.45) is 1.77. The molecule has 1 saturated heterocycles. The molecule has 2 aromatic carbocycles. The number of aryl methyl sites for hydroxylation is 1. The number of carbonyl (C=O) groups is 2. The van der Waals surface area contributed by atoms with Crippen LogP contribution in [0, 0.1) is 6.92 Å². The third-order valence-electron chi connectivity index (χ3n) is 3.42. The topological polar surface area (TPSA) is 49.4 Å². The SMILES string of the molecule is Cc1ccc(C=C2SC(=S)N(NC(=O)c3ccccc3)C2=O)cc1. The lowest BCUT2D eigenvalue weighted by Crippen LogP contribution is -2.44. The Morgan fingerprint density at radius 2 is 1.79 bits per heavy atom. The Balaban J connectivity index is 1.77. The Labute approximate surface area is 149 Å². The van der Waals surface area contributed by atoms with Gasteiger partial charge in [0.15, 0.2) is 4.32 Å². The number of hydrogen-bond donors (Lipinski definition) is 1. The van der Waals surface area contributed by atoms with Gasteiger partial charge in [-0.1, -0.05) is 59.8 Å². The predicted octanol–water partition coefficient (Wildman–Crippen LogP) is 3.54. The van der Waals surface area contributed by atoms with Crippen LogP contribution >= 0.6 is 24.0 Å². The normalized spacial score (nSPS) is 15.9. The second-order valence-corrected chi connectivity index (χ2v) is 6.91. The van der Waals surface area contributed by atoms with E-state index in [2.05, 4.69) is 5.43 Å². The van der Waals surface area contributed by atoms with E-state index in [1.165, 1.54) is 11.8 Å². The smallest absolute Gasteiger partial charge is 0.267 e. The standard InChI is InChI=1S/C18H14N2O2S2/c1-12-7-9-13(10-8-12)11-15-17(22)20(18(23)24-15)19-16(21)14-5-3-2-4-6-14/h2-11H,1H3,(H,19,21). The Morgan fingerprint density at radius 1 is 1.12 bits per heavy atom. The zero-order valence-electron chi connectivity index (χ0n) is 12.9. The van der Waals surface area contributed by atoms with Gasteiger partial charge in [-0.2, -0.15) is 5.01 Å². The van der Waals surface area contributed by atoms with Crippen molar-refractivity contribution < 1.29 is 9.59 Å². The van der Waals surface area contributed by atoms with Gasteiger partial charge in [-0.3, -0.25) is 15.0 Å². The lowest BCUT2D eigenvalue weighted by atomic mass is 10.1. The van der Waals surface area contributed by atoms with Gasteiger partial charge in [0.1, 0.15) is 0 Å². The number of nitrogens with zero attached hydrogens (tertiary/aromatic N) is 1. The Kier molecular flexibility index (Phi) is 4.78. The van der Waals surface area contributed by atoms with Crippen LogP contribution in [0.5, 0.6) is 0 Å². The van der Waals surface area contributed by atoms with Gasteiger partial charge < -0.3 is 0 Å². The third-order valence-corrected chi connectivity index (χ3v) is 4.72. The van der Waals surface area contributed by atoms with Gasteiger partial charge in [0.2, 0.25) is 0 Å². The molecular weight excluding hydrogens is 340 g/mol. The maximum atomic E-state index is 12.5. The Bertz CT molecular complexity index is 830. The van der Waals surface area contributed by atoms with Crippen molar-refractivity contribution in [1.82, 2.24) is 10.4 Å². The molecule has 1 aliphatic rings. The fourth-order valence-electron chi connectivity index (χ4n) is 2.13. The van der Waals surface area contributed by atoms with E-state index in [1.807, 2.05) is 37.3 Å². The fraction of sp³-hybridized carbons (Fsp3) is 0.0556. The molecule has 2 amide bonds. The predicted molar refractivity (Wildman–Crippen MR) is 100 cm³/mol. The molecule has 2 aromatic rings. The van der Waals surface area contributed by atoms with Crippen LogP contribution in [0.1, 0.15) is 21.5 Å². The molecule has 0 atom stereocenters. The van der Waals surface area contributed by atoms with Crippen LogP contribution in [0.4, 0.5) is 0 Å². The zero-order chi connectivity index (χ0) is 17.1. The molecule has 3 rings (SSSR count). The highest BCUT2D eigenvalue weighted by molar-refractivity contribution is 8.26. The number of nitrogens with one attached hydrogen (secondary N) is 1. The molecule has 0 unspecified atom stereocenters. The molecule has 0 aromatic heterocycles. The molecular formula is C18H14N2O2S2. The van der Waals surface area contributed by atoms with Crippen LogP contribution in [0.2, 0.25) is 0 Å². The molecule has 120 valence electrons. The molecule has 1 heterocycles. The average molecular weight is 354 g/mol. The van der Waals surface area contributed by atoms with E-state index in [-0.39, 0.29) is 11.8 Å². The highest BCUT2D eigenvalue weighted by Crippen LogP contribution is 2.31. The monoisotopic (exact) mass is 354 g/mol. The summed E-state index contributed by atoms with van der Waals surface area (Å²) < 4.78 is 0.308. The van der Waals surface area contributed by atoms with E-state index >= 15 is 0 Å². The summed E-state index contributed by atoms with van der Waals surface area (Å²) in [5.41, 5.74) is 5.09. The fourth-order valence-corrected chi connectivity index (χ4v) is 3.31. The maximum Gasteiger partial charge on any atom is 0.285 e. The summed E-state index contributed by atoms with van der Waals surface area (Å²) in [6, 6.07) is 16.5. The molecule has 0 spiro atoms. The van der Waals surface area contributed by atoms with Gasteiger partial charge in [0, 0.05) is 5.56 Å². The van der Waals surface area contributed by atoms with E-state index in [0.29, 0.717) is 14.8 Å². The van der Waals surface area contributed by atoms with Crippen LogP contribution in [0.15, 0.2) is 59.5 Å². The molecule has 4 nitrogen and oxygen atoms in total. The van der Waals surface area contributed by atoms with Crippen molar-refractivity contribution in [2.75, 3.05) is 0 Å². The highest BCUT2D eigenvalue weighted by atomic mass is 32.2. The summed E-state index contributed by atoms with van der Waals surface area (Å²) in [6.45, 7) is 2.00. The Hall–Kier alpha value is -2.44. The summed E-state index contributed by atoms with van der Waals surface area (Å²) in [7, 11) is 0. The van der Waals surface area contributed by atoms with Crippen LogP contribution < -0.4 is 5.43 Å². The minimum Gasteiger partial charge on any atom is -0.267 e. The number of benzene rings is 2. The molecule has 0 bridgehead atoms. The van der Waals surface area contributed by atoms with E-state index in [1.54, 1.807) is 30.3 Å². The first-order valence-electron chi connectivity index (χ1n) is 7.25. The molecule has 1 N–H and O–H groups in total. The van der Waals surface area contributed by atoms with Gasteiger partial charge in [0.05, 0.1) is 4.91 Å². The quantitative estimate of drug-likeness (QED) is 0.677.